The van der Waals surface area contributed by atoms with Crippen LogP contribution in [0.3, 0.4) is 0 Å². The number of rotatable bonds is 2. The van der Waals surface area contributed by atoms with E-state index in [9.17, 15) is 0 Å². The van der Waals surface area contributed by atoms with Crippen molar-refractivity contribution in [1.29, 1.82) is 0 Å². The number of imidazole rings is 1. The SMILES string of the molecule is CC(C)(N)c1cncn1C1(C)CCCOC1. The zero-order valence-electron chi connectivity index (χ0n) is 10.4. The van der Waals surface area contributed by atoms with E-state index in [4.69, 9.17) is 10.5 Å². The van der Waals surface area contributed by atoms with E-state index in [2.05, 4.69) is 16.5 Å². The summed E-state index contributed by atoms with van der Waals surface area (Å²) in [7, 11) is 0. The highest BCUT2D eigenvalue weighted by molar-refractivity contribution is 5.13. The molecule has 2 heterocycles. The van der Waals surface area contributed by atoms with Gasteiger partial charge in [0, 0.05) is 6.61 Å². The van der Waals surface area contributed by atoms with E-state index in [0.29, 0.717) is 0 Å². The van der Waals surface area contributed by atoms with E-state index in [1.807, 2.05) is 26.4 Å². The quantitative estimate of drug-likeness (QED) is 0.828. The van der Waals surface area contributed by atoms with Gasteiger partial charge in [0.25, 0.3) is 0 Å². The van der Waals surface area contributed by atoms with Gasteiger partial charge in [-0.1, -0.05) is 0 Å². The van der Waals surface area contributed by atoms with Crippen molar-refractivity contribution in [3.63, 3.8) is 0 Å². The molecule has 0 bridgehead atoms. The van der Waals surface area contributed by atoms with Crippen LogP contribution in [-0.4, -0.2) is 22.8 Å². The fourth-order valence-corrected chi connectivity index (χ4v) is 2.31. The summed E-state index contributed by atoms with van der Waals surface area (Å²) in [5, 5.41) is 0. The van der Waals surface area contributed by atoms with E-state index >= 15 is 0 Å². The Kier molecular flexibility index (Phi) is 2.80. The third-order valence-corrected chi connectivity index (χ3v) is 3.30. The van der Waals surface area contributed by atoms with Crippen molar-refractivity contribution in [1.82, 2.24) is 9.55 Å². The average molecular weight is 223 g/mol. The molecule has 0 aliphatic carbocycles. The second-order valence-electron chi connectivity index (χ2n) is 5.52. The third kappa shape index (κ3) is 1.99. The first kappa shape index (κ1) is 11.6. The largest absolute Gasteiger partial charge is 0.379 e. The van der Waals surface area contributed by atoms with E-state index in [0.717, 1.165) is 31.7 Å². The molecule has 2 N–H and O–H groups in total. The smallest absolute Gasteiger partial charge is 0.0954 e. The standard InChI is InChI=1S/C12H21N3O/c1-11(2,13)10-7-14-9-15(10)12(3)5-4-6-16-8-12/h7,9H,4-6,8,13H2,1-3H3. The minimum absolute atomic E-state index is 0.000718. The van der Waals surface area contributed by atoms with Gasteiger partial charge in [-0.05, 0) is 33.6 Å². The summed E-state index contributed by atoms with van der Waals surface area (Å²) in [5.74, 6) is 0. The first-order valence-electron chi connectivity index (χ1n) is 5.83. The molecule has 0 radical (unpaired) electrons. The van der Waals surface area contributed by atoms with Crippen molar-refractivity contribution >= 4 is 0 Å². The van der Waals surface area contributed by atoms with Crippen molar-refractivity contribution in [3.8, 4) is 0 Å². The Morgan fingerprint density at radius 2 is 2.31 bits per heavy atom. The molecule has 4 heteroatoms. The van der Waals surface area contributed by atoms with Crippen LogP contribution in [0.1, 0.15) is 39.3 Å². The Labute approximate surface area is 96.8 Å². The lowest BCUT2D eigenvalue weighted by molar-refractivity contribution is 0.00711. The van der Waals surface area contributed by atoms with Crippen LogP contribution < -0.4 is 5.73 Å². The molecule has 1 aromatic rings. The van der Waals surface area contributed by atoms with E-state index in [1.165, 1.54) is 0 Å². The van der Waals surface area contributed by atoms with Crippen LogP contribution in [0.4, 0.5) is 0 Å². The lowest BCUT2D eigenvalue weighted by atomic mass is 9.92. The Bertz CT molecular complexity index is 359. The topological polar surface area (TPSA) is 53.1 Å². The van der Waals surface area contributed by atoms with Gasteiger partial charge in [-0.2, -0.15) is 0 Å². The molecule has 1 unspecified atom stereocenters. The minimum Gasteiger partial charge on any atom is -0.379 e. The number of nitrogens with zero attached hydrogens (tertiary/aromatic N) is 2. The molecule has 1 atom stereocenters. The molecule has 4 nitrogen and oxygen atoms in total. The van der Waals surface area contributed by atoms with Crippen LogP contribution in [0.5, 0.6) is 0 Å². The monoisotopic (exact) mass is 223 g/mol. The zero-order chi connectivity index (χ0) is 11.8. The lowest BCUT2D eigenvalue weighted by Gasteiger charge is -2.38. The van der Waals surface area contributed by atoms with Gasteiger partial charge in [0.05, 0.1) is 35.9 Å². The predicted octanol–water partition coefficient (Wildman–Crippen LogP) is 1.60. The van der Waals surface area contributed by atoms with Gasteiger partial charge in [-0.15, -0.1) is 0 Å². The molecule has 2 rings (SSSR count). The van der Waals surface area contributed by atoms with Crippen molar-refractivity contribution < 1.29 is 4.74 Å². The predicted molar refractivity (Wildman–Crippen MR) is 63.1 cm³/mol. The third-order valence-electron chi connectivity index (χ3n) is 3.30. The highest BCUT2D eigenvalue weighted by Gasteiger charge is 2.33. The summed E-state index contributed by atoms with van der Waals surface area (Å²) in [4.78, 5) is 4.24. The van der Waals surface area contributed by atoms with Crippen molar-refractivity contribution in [2.75, 3.05) is 13.2 Å². The van der Waals surface area contributed by atoms with Crippen LogP contribution in [0.2, 0.25) is 0 Å². The van der Waals surface area contributed by atoms with Gasteiger partial charge < -0.3 is 15.0 Å². The molecule has 0 aromatic carbocycles. The summed E-state index contributed by atoms with van der Waals surface area (Å²) < 4.78 is 7.77. The molecular formula is C12H21N3O. The fourth-order valence-electron chi connectivity index (χ4n) is 2.31. The number of nitrogens with two attached hydrogens (primary N) is 1. The van der Waals surface area contributed by atoms with Gasteiger partial charge in [0.15, 0.2) is 0 Å². The maximum absolute atomic E-state index is 6.17. The number of hydrogen-bond acceptors (Lipinski definition) is 3. The van der Waals surface area contributed by atoms with E-state index < -0.39 is 0 Å². The summed E-state index contributed by atoms with van der Waals surface area (Å²) in [6.45, 7) is 7.84. The molecule has 16 heavy (non-hydrogen) atoms. The molecule has 1 fully saturated rings. The van der Waals surface area contributed by atoms with Crippen molar-refractivity contribution in [2.24, 2.45) is 5.73 Å². The highest BCUT2D eigenvalue weighted by Crippen LogP contribution is 2.30. The van der Waals surface area contributed by atoms with E-state index in [1.54, 1.807) is 0 Å². The summed E-state index contributed by atoms with van der Waals surface area (Å²) in [6, 6.07) is 0. The first-order chi connectivity index (χ1) is 7.43. The molecule has 1 aromatic heterocycles. The average Bonchev–Trinajstić information content (AvgIpc) is 2.67. The van der Waals surface area contributed by atoms with Crippen LogP contribution >= 0.6 is 0 Å². The van der Waals surface area contributed by atoms with Crippen LogP contribution in [-0.2, 0) is 15.8 Å². The maximum Gasteiger partial charge on any atom is 0.0954 e. The number of ether oxygens (including phenoxy) is 1. The van der Waals surface area contributed by atoms with Crippen molar-refractivity contribution in [3.05, 3.63) is 18.2 Å². The summed E-state index contributed by atoms with van der Waals surface area (Å²) >= 11 is 0. The second-order valence-corrected chi connectivity index (χ2v) is 5.52. The van der Waals surface area contributed by atoms with Crippen molar-refractivity contribution in [2.45, 2.75) is 44.7 Å². The highest BCUT2D eigenvalue weighted by atomic mass is 16.5. The number of aromatic nitrogens is 2. The van der Waals surface area contributed by atoms with Gasteiger partial charge in [0.1, 0.15) is 0 Å². The van der Waals surface area contributed by atoms with Crippen LogP contribution in [0.15, 0.2) is 12.5 Å². The zero-order valence-corrected chi connectivity index (χ0v) is 10.4. The van der Waals surface area contributed by atoms with Crippen LogP contribution in [0.25, 0.3) is 0 Å². The Morgan fingerprint density at radius 3 is 2.88 bits per heavy atom. The molecule has 1 aliphatic heterocycles. The van der Waals surface area contributed by atoms with Gasteiger partial charge in [-0.3, -0.25) is 0 Å². The summed E-state index contributed by atoms with van der Waals surface area (Å²) in [6.07, 6.45) is 5.95. The fraction of sp³-hybridized carbons (Fsp3) is 0.750. The Balaban J connectivity index is 2.36. The Morgan fingerprint density at radius 1 is 1.56 bits per heavy atom. The molecule has 1 aliphatic rings. The van der Waals surface area contributed by atoms with E-state index in [-0.39, 0.29) is 11.1 Å². The molecule has 0 amide bonds. The van der Waals surface area contributed by atoms with Crippen LogP contribution in [0, 0.1) is 0 Å². The Hall–Kier alpha value is -0.870. The van der Waals surface area contributed by atoms with Gasteiger partial charge in [0.2, 0.25) is 0 Å². The molecule has 90 valence electrons. The number of hydrogen-bond donors (Lipinski definition) is 1. The molecular weight excluding hydrogens is 202 g/mol. The molecule has 0 saturated carbocycles. The normalized spacial score (nSPS) is 27.0. The van der Waals surface area contributed by atoms with Gasteiger partial charge >= 0.3 is 0 Å². The lowest BCUT2D eigenvalue weighted by Crippen LogP contribution is -2.43. The molecule has 0 spiro atoms. The minimum atomic E-state index is -0.364. The maximum atomic E-state index is 6.17. The van der Waals surface area contributed by atoms with Gasteiger partial charge in [-0.25, -0.2) is 4.98 Å². The summed E-state index contributed by atoms with van der Waals surface area (Å²) in [5.41, 5.74) is 6.87. The molecule has 1 saturated heterocycles. The first-order valence-corrected chi connectivity index (χ1v) is 5.83. The second kappa shape index (κ2) is 3.86.